The van der Waals surface area contributed by atoms with E-state index in [0.29, 0.717) is 27.6 Å². The minimum Gasteiger partial charge on any atom is -0.335 e. The van der Waals surface area contributed by atoms with E-state index in [1.165, 1.54) is 12.5 Å². The van der Waals surface area contributed by atoms with E-state index in [1.807, 2.05) is 4.90 Å². The van der Waals surface area contributed by atoms with Gasteiger partial charge in [-0.05, 0) is 65.7 Å². The molecule has 3 rings (SSSR count). The standard InChI is InChI=1S/C14H17BrN2O3S/c1-8-4-10(6-12(13(8)15)21(16,19)20)14(18)17-7-9-2-3-11(17)5-9/h4,6,9,11H,2-3,5,7H2,1H3,(H2,16,19,20). The van der Waals surface area contributed by atoms with Crippen LogP contribution in [-0.4, -0.2) is 31.8 Å². The van der Waals surface area contributed by atoms with Crippen molar-refractivity contribution < 1.29 is 13.2 Å². The van der Waals surface area contributed by atoms with Crippen LogP contribution >= 0.6 is 15.9 Å². The normalized spacial score (nSPS) is 24.6. The van der Waals surface area contributed by atoms with Crippen molar-refractivity contribution in [1.29, 1.82) is 0 Å². The van der Waals surface area contributed by atoms with Gasteiger partial charge in [-0.3, -0.25) is 4.79 Å². The minimum atomic E-state index is -3.86. The number of piperidine rings is 1. The zero-order valence-electron chi connectivity index (χ0n) is 11.7. The first-order chi connectivity index (χ1) is 9.77. The highest BCUT2D eigenvalue weighted by atomic mass is 79.9. The van der Waals surface area contributed by atoms with Crippen LogP contribution in [0, 0.1) is 12.8 Å². The maximum atomic E-state index is 12.7. The Morgan fingerprint density at radius 3 is 2.62 bits per heavy atom. The number of rotatable bonds is 2. The molecule has 1 amide bonds. The SMILES string of the molecule is Cc1cc(C(=O)N2CC3CCC2C3)cc(S(N)(=O)=O)c1Br. The van der Waals surface area contributed by atoms with Gasteiger partial charge in [0.05, 0.1) is 4.90 Å². The van der Waals surface area contributed by atoms with Crippen molar-refractivity contribution in [2.75, 3.05) is 6.54 Å². The Morgan fingerprint density at radius 1 is 1.38 bits per heavy atom. The highest BCUT2D eigenvalue weighted by Gasteiger charge is 2.40. The molecule has 2 bridgehead atoms. The van der Waals surface area contributed by atoms with Crippen LogP contribution in [0.15, 0.2) is 21.5 Å². The summed E-state index contributed by atoms with van der Waals surface area (Å²) in [6, 6.07) is 3.40. The number of halogens is 1. The van der Waals surface area contributed by atoms with Gasteiger partial charge in [0.1, 0.15) is 0 Å². The molecule has 2 fully saturated rings. The molecule has 2 N–H and O–H groups in total. The van der Waals surface area contributed by atoms with Gasteiger partial charge in [0.25, 0.3) is 5.91 Å². The number of aryl methyl sites for hydroxylation is 1. The number of likely N-dealkylation sites (tertiary alicyclic amines) is 1. The van der Waals surface area contributed by atoms with Crippen LogP contribution in [0.5, 0.6) is 0 Å². The molecular weight excluding hydrogens is 356 g/mol. The van der Waals surface area contributed by atoms with Gasteiger partial charge in [-0.2, -0.15) is 0 Å². The lowest BCUT2D eigenvalue weighted by Crippen LogP contribution is -2.37. The Kier molecular flexibility index (Phi) is 3.62. The summed E-state index contributed by atoms with van der Waals surface area (Å²) >= 11 is 3.23. The fourth-order valence-corrected chi connectivity index (χ4v) is 5.01. The van der Waals surface area contributed by atoms with Gasteiger partial charge in [0.15, 0.2) is 0 Å². The van der Waals surface area contributed by atoms with Crippen molar-refractivity contribution in [3.05, 3.63) is 27.7 Å². The fraction of sp³-hybridized carbons (Fsp3) is 0.500. The van der Waals surface area contributed by atoms with Crippen LogP contribution in [0.25, 0.3) is 0 Å². The smallest absolute Gasteiger partial charge is 0.254 e. The molecule has 1 aliphatic carbocycles. The second-order valence-electron chi connectivity index (χ2n) is 5.94. The number of nitrogens with zero attached hydrogens (tertiary/aromatic N) is 1. The van der Waals surface area contributed by atoms with Gasteiger partial charge in [-0.1, -0.05) is 0 Å². The highest BCUT2D eigenvalue weighted by Crippen LogP contribution is 2.38. The molecule has 21 heavy (non-hydrogen) atoms. The summed E-state index contributed by atoms with van der Waals surface area (Å²) in [5.74, 6) is 0.510. The molecule has 114 valence electrons. The maximum Gasteiger partial charge on any atom is 0.254 e. The number of carbonyl (C=O) groups excluding carboxylic acids is 1. The first-order valence-corrected chi connectivity index (χ1v) is 9.25. The molecule has 1 saturated heterocycles. The van der Waals surface area contributed by atoms with Gasteiger partial charge in [0, 0.05) is 22.6 Å². The zero-order valence-corrected chi connectivity index (χ0v) is 14.1. The predicted octanol–water partition coefficient (Wildman–Crippen LogP) is 2.03. The molecule has 2 atom stereocenters. The molecule has 7 heteroatoms. The number of hydrogen-bond acceptors (Lipinski definition) is 3. The van der Waals surface area contributed by atoms with Crippen LogP contribution in [0.1, 0.15) is 35.2 Å². The van der Waals surface area contributed by atoms with Crippen molar-refractivity contribution >= 4 is 31.9 Å². The van der Waals surface area contributed by atoms with E-state index in [-0.39, 0.29) is 10.8 Å². The summed E-state index contributed by atoms with van der Waals surface area (Å²) in [6.45, 7) is 2.54. The lowest BCUT2D eigenvalue weighted by atomic mass is 10.1. The number of benzene rings is 1. The van der Waals surface area contributed by atoms with E-state index in [4.69, 9.17) is 5.14 Å². The Hall–Kier alpha value is -0.920. The molecule has 1 saturated carbocycles. The van der Waals surface area contributed by atoms with Gasteiger partial charge in [0.2, 0.25) is 10.0 Å². The molecule has 5 nitrogen and oxygen atoms in total. The molecule has 1 aliphatic heterocycles. The van der Waals surface area contributed by atoms with E-state index < -0.39 is 10.0 Å². The molecule has 1 aromatic carbocycles. The Labute approximate surface area is 132 Å². The van der Waals surface area contributed by atoms with Crippen LogP contribution in [0.4, 0.5) is 0 Å². The van der Waals surface area contributed by atoms with Crippen LogP contribution in [0.3, 0.4) is 0 Å². The number of carbonyl (C=O) groups is 1. The van der Waals surface area contributed by atoms with Crippen molar-refractivity contribution in [2.45, 2.75) is 37.1 Å². The van der Waals surface area contributed by atoms with E-state index in [2.05, 4.69) is 15.9 Å². The molecule has 1 aromatic rings. The number of sulfonamides is 1. The molecule has 0 radical (unpaired) electrons. The first kappa shape index (κ1) is 15.0. The van der Waals surface area contributed by atoms with E-state index in [0.717, 1.165) is 19.4 Å². The van der Waals surface area contributed by atoms with E-state index in [9.17, 15) is 13.2 Å². The number of hydrogen-bond donors (Lipinski definition) is 1. The van der Waals surface area contributed by atoms with Gasteiger partial charge in [-0.25, -0.2) is 13.6 Å². The van der Waals surface area contributed by atoms with E-state index >= 15 is 0 Å². The highest BCUT2D eigenvalue weighted by molar-refractivity contribution is 9.10. The lowest BCUT2D eigenvalue weighted by molar-refractivity contribution is 0.0703. The summed E-state index contributed by atoms with van der Waals surface area (Å²) in [4.78, 5) is 14.5. The molecular formula is C14H17BrN2O3S. The second kappa shape index (κ2) is 5.07. The van der Waals surface area contributed by atoms with Crippen LogP contribution in [0.2, 0.25) is 0 Å². The molecule has 1 heterocycles. The Bertz CT molecular complexity index is 717. The van der Waals surface area contributed by atoms with Crippen LogP contribution < -0.4 is 5.14 Å². The summed E-state index contributed by atoms with van der Waals surface area (Å²) in [7, 11) is -3.86. The third kappa shape index (κ3) is 2.62. The largest absolute Gasteiger partial charge is 0.335 e. The van der Waals surface area contributed by atoms with Crippen molar-refractivity contribution in [3.8, 4) is 0 Å². The fourth-order valence-electron chi connectivity index (χ4n) is 3.41. The van der Waals surface area contributed by atoms with Crippen LogP contribution in [-0.2, 0) is 10.0 Å². The topological polar surface area (TPSA) is 80.5 Å². The number of amides is 1. The average Bonchev–Trinajstić information content (AvgIpc) is 3.01. The molecule has 0 spiro atoms. The van der Waals surface area contributed by atoms with E-state index in [1.54, 1.807) is 13.0 Å². The van der Waals surface area contributed by atoms with Crippen molar-refractivity contribution in [2.24, 2.45) is 11.1 Å². The monoisotopic (exact) mass is 372 g/mol. The van der Waals surface area contributed by atoms with Gasteiger partial charge in [-0.15, -0.1) is 0 Å². The van der Waals surface area contributed by atoms with Crippen molar-refractivity contribution in [1.82, 2.24) is 4.90 Å². The Morgan fingerprint density at radius 2 is 2.10 bits per heavy atom. The summed E-state index contributed by atoms with van der Waals surface area (Å²) in [5, 5.41) is 5.23. The zero-order chi connectivity index (χ0) is 15.4. The first-order valence-electron chi connectivity index (χ1n) is 6.91. The summed E-state index contributed by atoms with van der Waals surface area (Å²) < 4.78 is 23.7. The van der Waals surface area contributed by atoms with Gasteiger partial charge >= 0.3 is 0 Å². The molecule has 0 aromatic heterocycles. The molecule has 2 aliphatic rings. The number of primary sulfonamides is 1. The summed E-state index contributed by atoms with van der Waals surface area (Å²) in [6.07, 6.45) is 3.31. The summed E-state index contributed by atoms with van der Waals surface area (Å²) in [5.41, 5.74) is 1.08. The number of fused-ring (bicyclic) bond motifs is 2. The molecule has 2 unspecified atom stereocenters. The average molecular weight is 373 g/mol. The third-order valence-corrected chi connectivity index (χ3v) is 6.69. The minimum absolute atomic E-state index is 0.0322. The number of nitrogens with two attached hydrogens (primary N) is 1. The third-order valence-electron chi connectivity index (χ3n) is 4.44. The Balaban J connectivity index is 1.99. The quantitative estimate of drug-likeness (QED) is 0.862. The predicted molar refractivity (Wildman–Crippen MR) is 82.4 cm³/mol. The van der Waals surface area contributed by atoms with Gasteiger partial charge < -0.3 is 4.90 Å². The lowest BCUT2D eigenvalue weighted by Gasteiger charge is -2.27. The maximum absolute atomic E-state index is 12.7. The van der Waals surface area contributed by atoms with Crippen molar-refractivity contribution in [3.63, 3.8) is 0 Å². The second-order valence-corrected chi connectivity index (χ2v) is 8.26.